The zero-order valence-electron chi connectivity index (χ0n) is 13.8. The third kappa shape index (κ3) is 4.00. The number of aromatic nitrogens is 3. The van der Waals surface area contributed by atoms with Crippen LogP contribution in [0.4, 0.5) is 0 Å². The molecule has 0 unspecified atom stereocenters. The number of aliphatic hydroxyl groups excluding tert-OH is 1. The zero-order chi connectivity index (χ0) is 16.8. The molecule has 1 aliphatic carbocycles. The van der Waals surface area contributed by atoms with Gasteiger partial charge in [-0.05, 0) is 18.4 Å². The first-order valence-corrected chi connectivity index (χ1v) is 8.64. The van der Waals surface area contributed by atoms with E-state index in [1.807, 2.05) is 35.0 Å². The van der Waals surface area contributed by atoms with Crippen molar-refractivity contribution in [2.75, 3.05) is 13.2 Å². The SMILES string of the molecule is O=C(c1cn(C2CCCCC2)nn1)N(CCO)Cc1ccccc1. The third-order valence-electron chi connectivity index (χ3n) is 4.55. The minimum Gasteiger partial charge on any atom is -0.395 e. The molecule has 0 radical (unpaired) electrons. The topological polar surface area (TPSA) is 71.2 Å². The summed E-state index contributed by atoms with van der Waals surface area (Å²) >= 11 is 0. The Kier molecular flexibility index (Phi) is 5.59. The summed E-state index contributed by atoms with van der Waals surface area (Å²) in [6.45, 7) is 0.663. The van der Waals surface area contributed by atoms with Gasteiger partial charge in [-0.15, -0.1) is 5.10 Å². The van der Waals surface area contributed by atoms with Gasteiger partial charge in [0.05, 0.1) is 18.8 Å². The predicted molar refractivity (Wildman–Crippen MR) is 90.4 cm³/mol. The lowest BCUT2D eigenvalue weighted by molar-refractivity contribution is 0.0701. The summed E-state index contributed by atoms with van der Waals surface area (Å²) in [6, 6.07) is 10.1. The molecule has 0 bridgehead atoms. The van der Waals surface area contributed by atoms with E-state index in [4.69, 9.17) is 0 Å². The Morgan fingerprint density at radius 2 is 1.96 bits per heavy atom. The highest BCUT2D eigenvalue weighted by molar-refractivity contribution is 5.91. The van der Waals surface area contributed by atoms with Crippen molar-refractivity contribution >= 4 is 5.91 Å². The molecule has 0 spiro atoms. The van der Waals surface area contributed by atoms with Gasteiger partial charge in [-0.25, -0.2) is 4.68 Å². The van der Waals surface area contributed by atoms with Gasteiger partial charge in [0.25, 0.3) is 5.91 Å². The first-order chi connectivity index (χ1) is 11.8. The maximum atomic E-state index is 12.7. The Hall–Kier alpha value is -2.21. The first-order valence-electron chi connectivity index (χ1n) is 8.64. The van der Waals surface area contributed by atoms with Crippen molar-refractivity contribution in [1.29, 1.82) is 0 Å². The molecule has 3 rings (SSSR count). The van der Waals surface area contributed by atoms with Gasteiger partial charge >= 0.3 is 0 Å². The normalized spacial score (nSPS) is 15.4. The van der Waals surface area contributed by atoms with Crippen LogP contribution in [-0.2, 0) is 6.54 Å². The standard InChI is InChI=1S/C18H24N4O2/c23-12-11-21(13-15-7-3-1-4-8-15)18(24)17-14-22(20-19-17)16-9-5-2-6-10-16/h1,3-4,7-8,14,16,23H,2,5-6,9-13H2. The Morgan fingerprint density at radius 3 is 2.67 bits per heavy atom. The van der Waals surface area contributed by atoms with Gasteiger partial charge in [0.2, 0.25) is 0 Å². The fourth-order valence-electron chi connectivity index (χ4n) is 3.24. The highest BCUT2D eigenvalue weighted by Gasteiger charge is 2.22. The summed E-state index contributed by atoms with van der Waals surface area (Å²) < 4.78 is 1.84. The van der Waals surface area contributed by atoms with E-state index in [9.17, 15) is 9.90 Å². The maximum Gasteiger partial charge on any atom is 0.276 e. The summed E-state index contributed by atoms with van der Waals surface area (Å²) in [4.78, 5) is 14.3. The fourth-order valence-corrected chi connectivity index (χ4v) is 3.24. The van der Waals surface area contributed by atoms with Crippen LogP contribution in [0.15, 0.2) is 36.5 Å². The largest absolute Gasteiger partial charge is 0.395 e. The van der Waals surface area contributed by atoms with Crippen molar-refractivity contribution in [2.24, 2.45) is 0 Å². The molecule has 1 aromatic heterocycles. The maximum absolute atomic E-state index is 12.7. The van der Waals surface area contributed by atoms with Crippen LogP contribution in [0, 0.1) is 0 Å². The predicted octanol–water partition coefficient (Wildman–Crippen LogP) is 2.42. The average molecular weight is 328 g/mol. The second-order valence-electron chi connectivity index (χ2n) is 6.31. The number of hydrogen-bond acceptors (Lipinski definition) is 4. The van der Waals surface area contributed by atoms with Gasteiger partial charge in [-0.2, -0.15) is 0 Å². The van der Waals surface area contributed by atoms with Crippen LogP contribution in [-0.4, -0.2) is 44.1 Å². The molecule has 0 aliphatic heterocycles. The fraction of sp³-hybridized carbons (Fsp3) is 0.500. The monoisotopic (exact) mass is 328 g/mol. The highest BCUT2D eigenvalue weighted by Crippen LogP contribution is 2.27. The van der Waals surface area contributed by atoms with Crippen LogP contribution < -0.4 is 0 Å². The lowest BCUT2D eigenvalue weighted by atomic mass is 9.96. The average Bonchev–Trinajstić information content (AvgIpc) is 3.12. The highest BCUT2D eigenvalue weighted by atomic mass is 16.3. The molecule has 1 saturated carbocycles. The van der Waals surface area contributed by atoms with Gasteiger partial charge in [0, 0.05) is 13.1 Å². The van der Waals surface area contributed by atoms with Crippen molar-refractivity contribution in [2.45, 2.75) is 44.7 Å². The van der Waals surface area contributed by atoms with Crippen molar-refractivity contribution < 1.29 is 9.90 Å². The van der Waals surface area contributed by atoms with E-state index in [0.717, 1.165) is 18.4 Å². The number of carbonyl (C=O) groups excluding carboxylic acids is 1. The Bertz CT molecular complexity index is 650. The molecule has 0 atom stereocenters. The molecule has 0 saturated heterocycles. The van der Waals surface area contributed by atoms with E-state index in [1.165, 1.54) is 19.3 Å². The van der Waals surface area contributed by atoms with Crippen LogP contribution >= 0.6 is 0 Å². The number of benzene rings is 1. The van der Waals surface area contributed by atoms with E-state index < -0.39 is 0 Å². The minimum absolute atomic E-state index is 0.0741. The van der Waals surface area contributed by atoms with Crippen molar-refractivity contribution in [3.63, 3.8) is 0 Å². The zero-order valence-corrected chi connectivity index (χ0v) is 13.8. The Labute approximate surface area is 142 Å². The summed E-state index contributed by atoms with van der Waals surface area (Å²) in [6.07, 6.45) is 7.64. The van der Waals surface area contributed by atoms with Gasteiger partial charge in [-0.3, -0.25) is 4.79 Å². The minimum atomic E-state index is -0.185. The van der Waals surface area contributed by atoms with Crippen LogP contribution in [0.3, 0.4) is 0 Å². The molecule has 2 aromatic rings. The van der Waals surface area contributed by atoms with Crippen LogP contribution in [0.1, 0.15) is 54.2 Å². The third-order valence-corrected chi connectivity index (χ3v) is 4.55. The van der Waals surface area contributed by atoms with Crippen molar-refractivity contribution in [3.8, 4) is 0 Å². The smallest absolute Gasteiger partial charge is 0.276 e. The quantitative estimate of drug-likeness (QED) is 0.884. The van der Waals surface area contributed by atoms with Gasteiger partial charge < -0.3 is 10.0 Å². The number of rotatable bonds is 6. The molecule has 6 heteroatoms. The van der Waals surface area contributed by atoms with Crippen molar-refractivity contribution in [3.05, 3.63) is 47.8 Å². The lowest BCUT2D eigenvalue weighted by Crippen LogP contribution is -2.33. The summed E-state index contributed by atoms with van der Waals surface area (Å²) in [5.74, 6) is -0.185. The van der Waals surface area contributed by atoms with E-state index in [1.54, 1.807) is 11.1 Å². The Morgan fingerprint density at radius 1 is 1.21 bits per heavy atom. The number of aliphatic hydroxyl groups is 1. The molecule has 6 nitrogen and oxygen atoms in total. The first kappa shape index (κ1) is 16.6. The Balaban J connectivity index is 1.71. The molecule has 1 amide bonds. The molecule has 1 N–H and O–H groups in total. The summed E-state index contributed by atoms with van der Waals surface area (Å²) in [5, 5.41) is 17.5. The molecule has 128 valence electrons. The van der Waals surface area contributed by atoms with Gasteiger partial charge in [0.15, 0.2) is 5.69 Å². The van der Waals surface area contributed by atoms with Gasteiger partial charge in [0.1, 0.15) is 0 Å². The van der Waals surface area contributed by atoms with Crippen LogP contribution in [0.2, 0.25) is 0 Å². The molecule has 1 aliphatic rings. The van der Waals surface area contributed by atoms with Crippen LogP contribution in [0.5, 0.6) is 0 Å². The molecule has 1 heterocycles. The van der Waals surface area contributed by atoms with Crippen LogP contribution in [0.25, 0.3) is 0 Å². The molecule has 1 fully saturated rings. The second kappa shape index (κ2) is 8.06. The molecule has 1 aromatic carbocycles. The number of carbonyl (C=O) groups is 1. The number of hydrogen-bond donors (Lipinski definition) is 1. The summed E-state index contributed by atoms with van der Waals surface area (Å²) in [7, 11) is 0. The van der Waals surface area contributed by atoms with E-state index in [-0.39, 0.29) is 19.1 Å². The molecule has 24 heavy (non-hydrogen) atoms. The summed E-state index contributed by atoms with van der Waals surface area (Å²) in [5.41, 5.74) is 1.38. The second-order valence-corrected chi connectivity index (χ2v) is 6.31. The van der Waals surface area contributed by atoms with E-state index in [0.29, 0.717) is 18.3 Å². The molecular weight excluding hydrogens is 304 g/mol. The number of amides is 1. The molecular formula is C18H24N4O2. The lowest BCUT2D eigenvalue weighted by Gasteiger charge is -2.21. The van der Waals surface area contributed by atoms with E-state index in [2.05, 4.69) is 10.3 Å². The van der Waals surface area contributed by atoms with E-state index >= 15 is 0 Å². The van der Waals surface area contributed by atoms with Crippen molar-refractivity contribution in [1.82, 2.24) is 19.9 Å². The van der Waals surface area contributed by atoms with Gasteiger partial charge in [-0.1, -0.05) is 54.8 Å². The number of nitrogens with zero attached hydrogens (tertiary/aromatic N) is 4.